The number of amides is 1. The minimum atomic E-state index is -0.473. The second-order valence-electron chi connectivity index (χ2n) is 7.79. The molecule has 0 unspecified atom stereocenters. The summed E-state index contributed by atoms with van der Waals surface area (Å²) >= 11 is 0. The maximum Gasteiger partial charge on any atom is 0.410 e. The Hall–Kier alpha value is -2.31. The Balaban J connectivity index is 1.67. The minimum absolute atomic E-state index is 0.245. The summed E-state index contributed by atoms with van der Waals surface area (Å²) in [7, 11) is 2.03. The van der Waals surface area contributed by atoms with Gasteiger partial charge in [0.15, 0.2) is 7.85 Å². The summed E-state index contributed by atoms with van der Waals surface area (Å²) in [6.07, 6.45) is 3.32. The van der Waals surface area contributed by atoms with Gasteiger partial charge in [-0.25, -0.2) is 14.2 Å². The molecule has 2 heterocycles. The van der Waals surface area contributed by atoms with Gasteiger partial charge in [0, 0.05) is 24.7 Å². The summed E-state index contributed by atoms with van der Waals surface area (Å²) in [5.41, 5.74) is 2.37. The molecule has 0 atom stereocenters. The number of rotatable bonds is 2. The van der Waals surface area contributed by atoms with E-state index in [2.05, 4.69) is 9.55 Å². The van der Waals surface area contributed by atoms with E-state index in [1.807, 2.05) is 34.9 Å². The molecule has 138 valence electrons. The van der Waals surface area contributed by atoms with Crippen molar-refractivity contribution in [3.05, 3.63) is 36.4 Å². The maximum absolute atomic E-state index is 13.1. The lowest BCUT2D eigenvalue weighted by atomic mass is 9.95. The zero-order chi connectivity index (χ0) is 18.9. The molecule has 1 aliphatic rings. The molecule has 0 bridgehead atoms. The molecule has 1 aromatic heterocycles. The van der Waals surface area contributed by atoms with Gasteiger partial charge < -0.3 is 14.2 Å². The fourth-order valence-electron chi connectivity index (χ4n) is 3.33. The number of ether oxygens (including phenoxy) is 1. The van der Waals surface area contributed by atoms with Crippen LogP contribution in [0.1, 0.15) is 39.7 Å². The van der Waals surface area contributed by atoms with Crippen molar-refractivity contribution in [1.82, 2.24) is 14.5 Å². The number of halogens is 1. The van der Waals surface area contributed by atoms with Gasteiger partial charge >= 0.3 is 6.09 Å². The summed E-state index contributed by atoms with van der Waals surface area (Å²) in [6.45, 7) is 6.97. The van der Waals surface area contributed by atoms with Gasteiger partial charge in [-0.2, -0.15) is 0 Å². The lowest BCUT2D eigenvalue weighted by molar-refractivity contribution is 0.0189. The summed E-state index contributed by atoms with van der Waals surface area (Å²) in [6, 6.07) is 6.70. The molecule has 1 fully saturated rings. The van der Waals surface area contributed by atoms with E-state index in [1.54, 1.807) is 17.0 Å². The Morgan fingerprint density at radius 2 is 1.85 bits per heavy atom. The molecule has 3 rings (SSSR count). The number of carbonyl (C=O) groups is 1. The normalized spacial score (nSPS) is 15.9. The van der Waals surface area contributed by atoms with Crippen molar-refractivity contribution in [3.8, 4) is 11.3 Å². The third kappa shape index (κ3) is 4.08. The Bertz CT molecular complexity index is 775. The molecule has 1 amide bonds. The standard InChI is InChI=1S/C19H25BFN3O2/c1-19(2,3)26-18(25)23-10-8-15(9-11-23)24-12-22-16(17(24)20)13-4-6-14(21)7-5-13/h4-7,12,15H,8-11,20H2,1-3H3. The van der Waals surface area contributed by atoms with E-state index in [0.29, 0.717) is 19.1 Å². The molecule has 0 saturated carbocycles. The fraction of sp³-hybridized carbons (Fsp3) is 0.474. The number of carbonyl (C=O) groups excluding carboxylic acids is 1. The number of likely N-dealkylation sites (tertiary alicyclic amines) is 1. The SMILES string of the molecule is Bc1c(-c2ccc(F)cc2)ncn1C1CCN(C(=O)OC(C)(C)C)CC1. The van der Waals surface area contributed by atoms with Gasteiger partial charge in [-0.1, -0.05) is 0 Å². The average molecular weight is 357 g/mol. The van der Waals surface area contributed by atoms with Crippen LogP contribution in [0.3, 0.4) is 0 Å². The molecular weight excluding hydrogens is 332 g/mol. The molecule has 0 radical (unpaired) electrons. The van der Waals surface area contributed by atoms with Crippen LogP contribution in [-0.4, -0.2) is 47.1 Å². The van der Waals surface area contributed by atoms with E-state index in [1.165, 1.54) is 12.1 Å². The molecule has 0 spiro atoms. The third-order valence-corrected chi connectivity index (χ3v) is 4.67. The molecule has 5 nitrogen and oxygen atoms in total. The van der Waals surface area contributed by atoms with Crippen LogP contribution < -0.4 is 5.59 Å². The van der Waals surface area contributed by atoms with Gasteiger partial charge in [-0.05, 0) is 63.5 Å². The first-order valence-electron chi connectivity index (χ1n) is 9.02. The summed E-state index contributed by atoms with van der Waals surface area (Å²) in [5.74, 6) is -0.250. The summed E-state index contributed by atoms with van der Waals surface area (Å²) in [4.78, 5) is 18.5. The van der Waals surface area contributed by atoms with E-state index in [-0.39, 0.29) is 11.9 Å². The van der Waals surface area contributed by atoms with Crippen molar-refractivity contribution in [2.45, 2.75) is 45.3 Å². The molecule has 7 heteroatoms. The number of piperidine rings is 1. The molecule has 26 heavy (non-hydrogen) atoms. The third-order valence-electron chi connectivity index (χ3n) is 4.67. The van der Waals surface area contributed by atoms with Crippen LogP contribution in [0.5, 0.6) is 0 Å². The fourth-order valence-corrected chi connectivity index (χ4v) is 3.33. The molecule has 1 saturated heterocycles. The van der Waals surface area contributed by atoms with Crippen molar-refractivity contribution in [3.63, 3.8) is 0 Å². The van der Waals surface area contributed by atoms with Crippen LogP contribution in [0.25, 0.3) is 11.3 Å². The first-order chi connectivity index (χ1) is 12.2. The number of aromatic nitrogens is 2. The second-order valence-corrected chi connectivity index (χ2v) is 7.79. The first-order valence-corrected chi connectivity index (χ1v) is 9.02. The zero-order valence-electron chi connectivity index (χ0n) is 15.8. The van der Waals surface area contributed by atoms with Gasteiger partial charge in [-0.3, -0.25) is 0 Å². The zero-order valence-corrected chi connectivity index (χ0v) is 15.8. The molecule has 0 N–H and O–H groups in total. The Morgan fingerprint density at radius 1 is 1.23 bits per heavy atom. The number of hydrogen-bond acceptors (Lipinski definition) is 3. The van der Waals surface area contributed by atoms with Crippen LogP contribution in [0, 0.1) is 5.82 Å². The van der Waals surface area contributed by atoms with Crippen LogP contribution in [0.4, 0.5) is 9.18 Å². The number of nitrogens with zero attached hydrogens (tertiary/aromatic N) is 3. The lowest BCUT2D eigenvalue weighted by Crippen LogP contribution is -2.42. The van der Waals surface area contributed by atoms with Crippen LogP contribution in [0.2, 0.25) is 0 Å². The van der Waals surface area contributed by atoms with Crippen molar-refractivity contribution < 1.29 is 13.9 Å². The first kappa shape index (κ1) is 18.5. The van der Waals surface area contributed by atoms with Crippen LogP contribution in [-0.2, 0) is 4.74 Å². The highest BCUT2D eigenvalue weighted by Gasteiger charge is 2.28. The number of benzene rings is 1. The monoisotopic (exact) mass is 357 g/mol. The average Bonchev–Trinajstić information content (AvgIpc) is 2.96. The molecule has 1 aliphatic heterocycles. The van der Waals surface area contributed by atoms with Crippen molar-refractivity contribution in [2.24, 2.45) is 0 Å². The van der Waals surface area contributed by atoms with Gasteiger partial charge in [0.2, 0.25) is 0 Å². The quantitative estimate of drug-likeness (QED) is 0.776. The predicted octanol–water partition coefficient (Wildman–Crippen LogP) is 2.52. The van der Waals surface area contributed by atoms with E-state index >= 15 is 0 Å². The molecule has 0 aliphatic carbocycles. The van der Waals surface area contributed by atoms with E-state index in [0.717, 1.165) is 29.7 Å². The summed E-state index contributed by atoms with van der Waals surface area (Å²) in [5, 5.41) is 0. The van der Waals surface area contributed by atoms with Gasteiger partial charge in [0.25, 0.3) is 0 Å². The Kier molecular flexibility index (Phi) is 5.07. The summed E-state index contributed by atoms with van der Waals surface area (Å²) < 4.78 is 20.8. The minimum Gasteiger partial charge on any atom is -0.444 e. The molecule has 2 aromatic rings. The highest BCUT2D eigenvalue weighted by Crippen LogP contribution is 2.25. The lowest BCUT2D eigenvalue weighted by Gasteiger charge is -2.34. The number of imidazole rings is 1. The Labute approximate surface area is 154 Å². The smallest absolute Gasteiger partial charge is 0.410 e. The number of hydrogen-bond donors (Lipinski definition) is 0. The van der Waals surface area contributed by atoms with Crippen molar-refractivity contribution in [2.75, 3.05) is 13.1 Å². The Morgan fingerprint density at radius 3 is 2.42 bits per heavy atom. The van der Waals surface area contributed by atoms with Crippen molar-refractivity contribution in [1.29, 1.82) is 0 Å². The predicted molar refractivity (Wildman–Crippen MR) is 102 cm³/mol. The topological polar surface area (TPSA) is 47.4 Å². The molecular formula is C19H25BFN3O2. The van der Waals surface area contributed by atoms with Gasteiger partial charge in [0.1, 0.15) is 11.4 Å². The highest BCUT2D eigenvalue weighted by molar-refractivity contribution is 6.34. The van der Waals surface area contributed by atoms with E-state index in [4.69, 9.17) is 4.74 Å². The molecule has 1 aromatic carbocycles. The largest absolute Gasteiger partial charge is 0.444 e. The van der Waals surface area contributed by atoms with Crippen LogP contribution in [0.15, 0.2) is 30.6 Å². The van der Waals surface area contributed by atoms with Crippen molar-refractivity contribution >= 4 is 19.5 Å². The maximum atomic E-state index is 13.1. The van der Waals surface area contributed by atoms with Gasteiger partial charge in [0.05, 0.1) is 12.0 Å². The van der Waals surface area contributed by atoms with E-state index in [9.17, 15) is 9.18 Å². The van der Waals surface area contributed by atoms with Crippen LogP contribution >= 0.6 is 0 Å². The highest BCUT2D eigenvalue weighted by atomic mass is 19.1. The van der Waals surface area contributed by atoms with E-state index < -0.39 is 5.60 Å². The van der Waals surface area contributed by atoms with Gasteiger partial charge in [-0.15, -0.1) is 0 Å². The second kappa shape index (κ2) is 7.13.